The Morgan fingerprint density at radius 1 is 1.13 bits per heavy atom. The lowest BCUT2D eigenvalue weighted by molar-refractivity contribution is -0.125. The first-order valence-electron chi connectivity index (χ1n) is 10.5. The molecule has 1 atom stereocenters. The lowest BCUT2D eigenvalue weighted by Crippen LogP contribution is -2.46. The molecule has 31 heavy (non-hydrogen) atoms. The van der Waals surface area contributed by atoms with E-state index in [-0.39, 0.29) is 16.7 Å². The number of carbonyl (C=O) groups is 2. The van der Waals surface area contributed by atoms with Gasteiger partial charge < -0.3 is 10.2 Å². The van der Waals surface area contributed by atoms with Crippen LogP contribution in [0.2, 0.25) is 0 Å². The van der Waals surface area contributed by atoms with Crippen molar-refractivity contribution in [3.05, 3.63) is 59.7 Å². The SMILES string of the molecule is Cc1ccccc1S(=O)(=O)Nc1cccc(C(=O)N2CCCC2C(=O)NCC(C)C)c1. The quantitative estimate of drug-likeness (QED) is 0.687. The van der Waals surface area contributed by atoms with Gasteiger partial charge in [0.25, 0.3) is 15.9 Å². The van der Waals surface area contributed by atoms with Gasteiger partial charge in [-0.05, 0) is 55.5 Å². The van der Waals surface area contributed by atoms with E-state index in [9.17, 15) is 18.0 Å². The molecule has 0 radical (unpaired) electrons. The molecule has 0 aliphatic carbocycles. The lowest BCUT2D eigenvalue weighted by atomic mass is 10.1. The summed E-state index contributed by atoms with van der Waals surface area (Å²) >= 11 is 0. The third kappa shape index (κ3) is 5.44. The zero-order chi connectivity index (χ0) is 22.6. The molecule has 2 N–H and O–H groups in total. The summed E-state index contributed by atoms with van der Waals surface area (Å²) in [5, 5.41) is 2.90. The standard InChI is InChI=1S/C23H29N3O4S/c1-16(2)15-24-22(27)20-11-7-13-26(20)23(28)18-9-6-10-19(14-18)25-31(29,30)21-12-5-4-8-17(21)3/h4-6,8-10,12,14,16,20,25H,7,11,13,15H2,1-3H3,(H,24,27). The molecular weight excluding hydrogens is 414 g/mol. The highest BCUT2D eigenvalue weighted by Crippen LogP contribution is 2.23. The number of rotatable bonds is 7. The van der Waals surface area contributed by atoms with E-state index in [0.29, 0.717) is 42.2 Å². The number of carbonyl (C=O) groups excluding carboxylic acids is 2. The predicted molar refractivity (Wildman–Crippen MR) is 120 cm³/mol. The Balaban J connectivity index is 1.77. The van der Waals surface area contributed by atoms with Gasteiger partial charge in [-0.1, -0.05) is 38.1 Å². The van der Waals surface area contributed by atoms with Crippen molar-refractivity contribution in [3.63, 3.8) is 0 Å². The van der Waals surface area contributed by atoms with Crippen LogP contribution in [0, 0.1) is 12.8 Å². The Morgan fingerprint density at radius 3 is 2.58 bits per heavy atom. The van der Waals surface area contributed by atoms with Crippen molar-refractivity contribution in [1.29, 1.82) is 0 Å². The smallest absolute Gasteiger partial charge is 0.262 e. The summed E-state index contributed by atoms with van der Waals surface area (Å²) in [6, 6.07) is 12.6. The molecular formula is C23H29N3O4S. The normalized spacial score (nSPS) is 16.4. The molecule has 1 unspecified atom stereocenters. The van der Waals surface area contributed by atoms with Crippen LogP contribution in [0.5, 0.6) is 0 Å². The van der Waals surface area contributed by atoms with Crippen LogP contribution in [0.4, 0.5) is 5.69 Å². The van der Waals surface area contributed by atoms with Crippen LogP contribution in [0.3, 0.4) is 0 Å². The summed E-state index contributed by atoms with van der Waals surface area (Å²) in [5.74, 6) is -0.0949. The van der Waals surface area contributed by atoms with Crippen molar-refractivity contribution in [2.45, 2.75) is 44.6 Å². The first-order valence-corrected chi connectivity index (χ1v) is 11.9. The van der Waals surface area contributed by atoms with Crippen LogP contribution in [0.1, 0.15) is 42.6 Å². The van der Waals surface area contributed by atoms with E-state index in [1.807, 2.05) is 13.8 Å². The van der Waals surface area contributed by atoms with E-state index < -0.39 is 16.1 Å². The van der Waals surface area contributed by atoms with Crippen molar-refractivity contribution in [3.8, 4) is 0 Å². The van der Waals surface area contributed by atoms with E-state index in [0.717, 1.165) is 6.42 Å². The molecule has 0 bridgehead atoms. The molecule has 2 aromatic rings. The Bertz CT molecular complexity index is 1070. The second kappa shape index (κ2) is 9.51. The van der Waals surface area contributed by atoms with Crippen LogP contribution in [0.15, 0.2) is 53.4 Å². The minimum absolute atomic E-state index is 0.143. The first kappa shape index (κ1) is 22.8. The number of likely N-dealkylation sites (tertiary alicyclic amines) is 1. The van der Waals surface area contributed by atoms with E-state index in [2.05, 4.69) is 10.0 Å². The molecule has 7 nitrogen and oxygen atoms in total. The van der Waals surface area contributed by atoms with Gasteiger partial charge in [0.15, 0.2) is 0 Å². The van der Waals surface area contributed by atoms with E-state index in [1.165, 1.54) is 12.1 Å². The average molecular weight is 444 g/mol. The summed E-state index contributed by atoms with van der Waals surface area (Å²) in [5.41, 5.74) is 1.28. The van der Waals surface area contributed by atoms with Gasteiger partial charge in [0.1, 0.15) is 6.04 Å². The molecule has 3 rings (SSSR count). The van der Waals surface area contributed by atoms with Gasteiger partial charge in [0, 0.05) is 24.3 Å². The van der Waals surface area contributed by atoms with Crippen LogP contribution in [0.25, 0.3) is 0 Å². The second-order valence-corrected chi connectivity index (χ2v) is 9.90. The number of nitrogens with one attached hydrogen (secondary N) is 2. The van der Waals surface area contributed by atoms with Crippen molar-refractivity contribution in [1.82, 2.24) is 10.2 Å². The minimum Gasteiger partial charge on any atom is -0.354 e. The maximum Gasteiger partial charge on any atom is 0.262 e. The highest BCUT2D eigenvalue weighted by atomic mass is 32.2. The molecule has 2 amide bonds. The largest absolute Gasteiger partial charge is 0.354 e. The Labute approximate surface area is 183 Å². The first-order chi connectivity index (χ1) is 14.7. The Morgan fingerprint density at radius 2 is 1.87 bits per heavy atom. The van der Waals surface area contributed by atoms with Crippen LogP contribution in [-0.2, 0) is 14.8 Å². The van der Waals surface area contributed by atoms with Crippen LogP contribution < -0.4 is 10.0 Å². The van der Waals surface area contributed by atoms with Crippen molar-refractivity contribution in [2.24, 2.45) is 5.92 Å². The van der Waals surface area contributed by atoms with Crippen molar-refractivity contribution >= 4 is 27.5 Å². The molecule has 0 saturated carbocycles. The lowest BCUT2D eigenvalue weighted by Gasteiger charge is -2.24. The summed E-state index contributed by atoms with van der Waals surface area (Å²) in [6.45, 7) is 6.82. The van der Waals surface area contributed by atoms with Gasteiger partial charge in [0.2, 0.25) is 5.91 Å². The molecule has 1 aliphatic rings. The average Bonchev–Trinajstić information content (AvgIpc) is 3.21. The monoisotopic (exact) mass is 443 g/mol. The molecule has 1 heterocycles. The number of anilines is 1. The number of hydrogen-bond acceptors (Lipinski definition) is 4. The summed E-state index contributed by atoms with van der Waals surface area (Å²) < 4.78 is 28.1. The third-order valence-electron chi connectivity index (χ3n) is 5.25. The summed E-state index contributed by atoms with van der Waals surface area (Å²) in [4.78, 5) is 27.4. The Hall–Kier alpha value is -2.87. The van der Waals surface area contributed by atoms with Gasteiger partial charge in [-0.15, -0.1) is 0 Å². The molecule has 0 aromatic heterocycles. The highest BCUT2D eigenvalue weighted by molar-refractivity contribution is 7.92. The van der Waals surface area contributed by atoms with Gasteiger partial charge >= 0.3 is 0 Å². The molecule has 0 spiro atoms. The number of hydrogen-bond donors (Lipinski definition) is 2. The highest BCUT2D eigenvalue weighted by Gasteiger charge is 2.34. The third-order valence-corrected chi connectivity index (χ3v) is 6.79. The zero-order valence-corrected chi connectivity index (χ0v) is 18.9. The predicted octanol–water partition coefficient (Wildman–Crippen LogP) is 3.17. The van der Waals surface area contributed by atoms with Crippen molar-refractivity contribution in [2.75, 3.05) is 17.8 Å². The summed E-state index contributed by atoms with van der Waals surface area (Å²) in [7, 11) is -3.78. The van der Waals surface area contributed by atoms with Crippen LogP contribution >= 0.6 is 0 Å². The zero-order valence-electron chi connectivity index (χ0n) is 18.1. The maximum atomic E-state index is 13.1. The van der Waals surface area contributed by atoms with E-state index in [1.54, 1.807) is 48.2 Å². The van der Waals surface area contributed by atoms with E-state index in [4.69, 9.17) is 0 Å². The van der Waals surface area contributed by atoms with Crippen LogP contribution in [-0.4, -0.2) is 44.3 Å². The fraction of sp³-hybridized carbons (Fsp3) is 0.391. The topological polar surface area (TPSA) is 95.6 Å². The van der Waals surface area contributed by atoms with Crippen molar-refractivity contribution < 1.29 is 18.0 Å². The number of benzene rings is 2. The summed E-state index contributed by atoms with van der Waals surface area (Å²) in [6.07, 6.45) is 1.38. The van der Waals surface area contributed by atoms with E-state index >= 15 is 0 Å². The molecule has 2 aromatic carbocycles. The van der Waals surface area contributed by atoms with Gasteiger partial charge in [-0.2, -0.15) is 0 Å². The second-order valence-electron chi connectivity index (χ2n) is 8.25. The molecule has 166 valence electrons. The minimum atomic E-state index is -3.78. The number of nitrogens with zero attached hydrogens (tertiary/aromatic N) is 1. The molecule has 1 aliphatic heterocycles. The maximum absolute atomic E-state index is 13.1. The Kier molecular flexibility index (Phi) is 7.00. The number of sulfonamides is 1. The van der Waals surface area contributed by atoms with Gasteiger partial charge in [-0.25, -0.2) is 8.42 Å². The number of aryl methyl sites for hydroxylation is 1. The van der Waals surface area contributed by atoms with Gasteiger partial charge in [-0.3, -0.25) is 14.3 Å². The molecule has 1 saturated heterocycles. The fourth-order valence-electron chi connectivity index (χ4n) is 3.65. The van der Waals surface area contributed by atoms with Gasteiger partial charge in [0.05, 0.1) is 4.90 Å². The molecule has 8 heteroatoms. The fourth-order valence-corrected chi connectivity index (χ4v) is 4.95. The molecule has 1 fully saturated rings. The number of amides is 2.